The molecule has 2 aliphatic rings. The highest BCUT2D eigenvalue weighted by molar-refractivity contribution is 9.10. The summed E-state index contributed by atoms with van der Waals surface area (Å²) in [5.41, 5.74) is 6.78. The van der Waals surface area contributed by atoms with Crippen LogP contribution in [0, 0.1) is 11.8 Å². The van der Waals surface area contributed by atoms with E-state index in [4.69, 9.17) is 15.2 Å². The zero-order valence-electron chi connectivity index (χ0n) is 14.0. The Morgan fingerprint density at radius 1 is 1.38 bits per heavy atom. The lowest BCUT2D eigenvalue weighted by atomic mass is 9.98. The molecular weight excluding hydrogens is 396 g/mol. The molecule has 2 fully saturated rings. The number of halogens is 2. The highest BCUT2D eigenvalue weighted by atomic mass is 79.9. The van der Waals surface area contributed by atoms with Crippen molar-refractivity contribution in [3.8, 4) is 11.5 Å². The van der Waals surface area contributed by atoms with E-state index in [0.717, 1.165) is 30.4 Å². The van der Waals surface area contributed by atoms with Crippen molar-refractivity contribution in [1.29, 1.82) is 0 Å². The van der Waals surface area contributed by atoms with Crippen molar-refractivity contribution in [2.45, 2.75) is 25.8 Å². The van der Waals surface area contributed by atoms with Crippen LogP contribution in [0.25, 0.3) is 0 Å². The van der Waals surface area contributed by atoms with E-state index in [1.54, 1.807) is 13.2 Å². The number of carbonyl (C=O) groups excluding carboxylic acids is 1. The average Bonchev–Trinajstić information content (AvgIpc) is 3.11. The number of hydrogen-bond donors (Lipinski definition) is 1. The van der Waals surface area contributed by atoms with Gasteiger partial charge in [-0.3, -0.25) is 4.79 Å². The molecule has 3 rings (SSSR count). The molecule has 1 aliphatic carbocycles. The Kier molecular flexibility index (Phi) is 6.39. The van der Waals surface area contributed by atoms with Gasteiger partial charge in [0.1, 0.15) is 0 Å². The van der Waals surface area contributed by atoms with Crippen LogP contribution >= 0.6 is 28.3 Å². The third kappa shape index (κ3) is 3.51. The number of ether oxygens (including phenoxy) is 2. The number of rotatable bonds is 4. The molecule has 0 spiro atoms. The minimum Gasteiger partial charge on any atom is -0.493 e. The standard InChI is InChI=1S/C17H23BrN2O3.ClH/c1-3-23-16-13(18)6-11(7-15(16)22-2)17(21)20-8-10-4-5-14(19)12(10)9-20;/h6-7,10,12,14H,3-5,8-9,19H2,1-2H3;1H. The molecule has 1 heterocycles. The van der Waals surface area contributed by atoms with Gasteiger partial charge in [-0.05, 0) is 59.7 Å². The smallest absolute Gasteiger partial charge is 0.254 e. The summed E-state index contributed by atoms with van der Waals surface area (Å²) in [6.07, 6.45) is 2.21. The Hall–Kier alpha value is -0.980. The molecular formula is C17H24BrClN2O3. The van der Waals surface area contributed by atoms with Crippen molar-refractivity contribution in [2.75, 3.05) is 26.8 Å². The average molecular weight is 420 g/mol. The minimum absolute atomic E-state index is 0. The van der Waals surface area contributed by atoms with E-state index >= 15 is 0 Å². The highest BCUT2D eigenvalue weighted by Gasteiger charge is 2.42. The molecule has 1 amide bonds. The van der Waals surface area contributed by atoms with Crippen molar-refractivity contribution < 1.29 is 14.3 Å². The van der Waals surface area contributed by atoms with Crippen LogP contribution in [0.15, 0.2) is 16.6 Å². The van der Waals surface area contributed by atoms with Crippen LogP contribution in [0.5, 0.6) is 11.5 Å². The number of nitrogens with two attached hydrogens (primary N) is 1. The number of carbonyl (C=O) groups is 1. The van der Waals surface area contributed by atoms with E-state index in [-0.39, 0.29) is 24.4 Å². The Labute approximate surface area is 157 Å². The molecule has 1 aromatic carbocycles. The van der Waals surface area contributed by atoms with Crippen molar-refractivity contribution in [1.82, 2.24) is 4.90 Å². The van der Waals surface area contributed by atoms with E-state index in [0.29, 0.717) is 35.5 Å². The summed E-state index contributed by atoms with van der Waals surface area (Å²) in [7, 11) is 1.58. The molecule has 0 radical (unpaired) electrons. The zero-order valence-corrected chi connectivity index (χ0v) is 16.4. The van der Waals surface area contributed by atoms with Gasteiger partial charge in [-0.2, -0.15) is 0 Å². The van der Waals surface area contributed by atoms with Crippen molar-refractivity contribution >= 4 is 34.2 Å². The van der Waals surface area contributed by atoms with E-state index < -0.39 is 0 Å². The summed E-state index contributed by atoms with van der Waals surface area (Å²) < 4.78 is 11.7. The Bertz CT molecular complexity index is 614. The lowest BCUT2D eigenvalue weighted by molar-refractivity contribution is 0.0779. The third-order valence-electron chi connectivity index (χ3n) is 4.96. The van der Waals surface area contributed by atoms with Gasteiger partial charge in [-0.15, -0.1) is 12.4 Å². The van der Waals surface area contributed by atoms with Crippen LogP contribution in [-0.2, 0) is 0 Å². The van der Waals surface area contributed by atoms with E-state index in [2.05, 4.69) is 15.9 Å². The number of nitrogens with zero attached hydrogens (tertiary/aromatic N) is 1. The van der Waals surface area contributed by atoms with E-state index in [9.17, 15) is 4.79 Å². The molecule has 1 aliphatic heterocycles. The summed E-state index contributed by atoms with van der Waals surface area (Å²) >= 11 is 3.48. The Morgan fingerprint density at radius 2 is 2.12 bits per heavy atom. The molecule has 7 heteroatoms. The zero-order chi connectivity index (χ0) is 16.6. The topological polar surface area (TPSA) is 64.8 Å². The van der Waals surface area contributed by atoms with Crippen LogP contribution in [0.2, 0.25) is 0 Å². The summed E-state index contributed by atoms with van der Waals surface area (Å²) in [6.45, 7) is 4.02. The van der Waals surface area contributed by atoms with Gasteiger partial charge in [0.25, 0.3) is 5.91 Å². The number of likely N-dealkylation sites (tertiary alicyclic amines) is 1. The summed E-state index contributed by atoms with van der Waals surface area (Å²) in [6, 6.07) is 3.80. The lowest BCUT2D eigenvalue weighted by Gasteiger charge is -2.20. The Balaban J connectivity index is 0.00000208. The van der Waals surface area contributed by atoms with Crippen molar-refractivity contribution in [3.05, 3.63) is 22.2 Å². The molecule has 24 heavy (non-hydrogen) atoms. The molecule has 0 bridgehead atoms. The summed E-state index contributed by atoms with van der Waals surface area (Å²) in [5.74, 6) is 2.25. The largest absolute Gasteiger partial charge is 0.493 e. The fourth-order valence-electron chi connectivity index (χ4n) is 3.78. The predicted octanol–water partition coefficient (Wildman–Crippen LogP) is 3.09. The van der Waals surface area contributed by atoms with E-state index in [1.807, 2.05) is 17.9 Å². The van der Waals surface area contributed by atoms with Gasteiger partial charge in [0, 0.05) is 24.7 Å². The van der Waals surface area contributed by atoms with Crippen LogP contribution < -0.4 is 15.2 Å². The van der Waals surface area contributed by atoms with Crippen LogP contribution in [0.4, 0.5) is 0 Å². The van der Waals surface area contributed by atoms with Gasteiger partial charge < -0.3 is 20.1 Å². The normalized spacial score (nSPS) is 25.2. The quantitative estimate of drug-likeness (QED) is 0.814. The maximum Gasteiger partial charge on any atom is 0.254 e. The SMILES string of the molecule is CCOc1c(Br)cc(C(=O)N2CC3CCC(N)C3C2)cc1OC.Cl. The first-order chi connectivity index (χ1) is 11.0. The molecule has 1 aromatic rings. The second-order valence-corrected chi connectivity index (χ2v) is 7.15. The van der Waals surface area contributed by atoms with Crippen molar-refractivity contribution in [3.63, 3.8) is 0 Å². The number of benzene rings is 1. The third-order valence-corrected chi connectivity index (χ3v) is 5.55. The molecule has 1 saturated heterocycles. The van der Waals surface area contributed by atoms with Gasteiger partial charge >= 0.3 is 0 Å². The lowest BCUT2D eigenvalue weighted by Crippen LogP contribution is -2.33. The molecule has 0 aromatic heterocycles. The van der Waals surface area contributed by atoms with Crippen LogP contribution in [0.1, 0.15) is 30.1 Å². The fraction of sp³-hybridized carbons (Fsp3) is 0.588. The van der Waals surface area contributed by atoms with Gasteiger partial charge in [-0.1, -0.05) is 0 Å². The second-order valence-electron chi connectivity index (χ2n) is 6.30. The minimum atomic E-state index is 0. The second kappa shape index (κ2) is 7.93. The number of methoxy groups -OCH3 is 1. The fourth-order valence-corrected chi connectivity index (χ4v) is 4.34. The van der Waals surface area contributed by atoms with Crippen LogP contribution in [-0.4, -0.2) is 43.7 Å². The molecule has 3 unspecified atom stereocenters. The van der Waals surface area contributed by atoms with Crippen molar-refractivity contribution in [2.24, 2.45) is 17.6 Å². The maximum absolute atomic E-state index is 12.8. The van der Waals surface area contributed by atoms with Gasteiger partial charge in [-0.25, -0.2) is 0 Å². The number of hydrogen-bond acceptors (Lipinski definition) is 4. The molecule has 1 saturated carbocycles. The van der Waals surface area contributed by atoms with E-state index in [1.165, 1.54) is 0 Å². The highest BCUT2D eigenvalue weighted by Crippen LogP contribution is 2.40. The summed E-state index contributed by atoms with van der Waals surface area (Å²) in [5, 5.41) is 0. The molecule has 134 valence electrons. The first kappa shape index (κ1) is 19.3. The predicted molar refractivity (Wildman–Crippen MR) is 99.2 cm³/mol. The first-order valence-corrected chi connectivity index (χ1v) is 8.89. The number of fused-ring (bicyclic) bond motifs is 1. The molecule has 3 atom stereocenters. The first-order valence-electron chi connectivity index (χ1n) is 8.10. The van der Waals surface area contributed by atoms with Gasteiger partial charge in [0.2, 0.25) is 0 Å². The Morgan fingerprint density at radius 3 is 2.75 bits per heavy atom. The maximum atomic E-state index is 12.8. The number of amides is 1. The van der Waals surface area contributed by atoms with Crippen LogP contribution in [0.3, 0.4) is 0 Å². The van der Waals surface area contributed by atoms with Gasteiger partial charge in [0.05, 0.1) is 18.2 Å². The monoisotopic (exact) mass is 418 g/mol. The summed E-state index contributed by atoms with van der Waals surface area (Å²) in [4.78, 5) is 14.8. The molecule has 5 nitrogen and oxygen atoms in total. The van der Waals surface area contributed by atoms with Gasteiger partial charge in [0.15, 0.2) is 11.5 Å². The molecule has 2 N–H and O–H groups in total.